The zero-order chi connectivity index (χ0) is 11.3. The lowest BCUT2D eigenvalue weighted by Gasteiger charge is -2.16. The van der Waals surface area contributed by atoms with Gasteiger partial charge in [-0.3, -0.25) is 9.59 Å². The fourth-order valence-corrected chi connectivity index (χ4v) is 2.02. The summed E-state index contributed by atoms with van der Waals surface area (Å²) in [5, 5.41) is 0. The molecule has 0 heterocycles. The number of carbonyl (C=O) groups is 2. The molecule has 2 atom stereocenters. The lowest BCUT2D eigenvalue weighted by atomic mass is 9.96. The molecule has 15 heavy (non-hydrogen) atoms. The number of hydrogen-bond acceptors (Lipinski definition) is 4. The molecule has 0 bridgehead atoms. The Balaban J connectivity index is 2.56. The Morgan fingerprint density at radius 2 is 1.40 bits per heavy atom. The van der Waals surface area contributed by atoms with Crippen LogP contribution < -0.4 is 0 Å². The lowest BCUT2D eigenvalue weighted by Crippen LogP contribution is -2.28. The Labute approximate surface area is 89.9 Å². The van der Waals surface area contributed by atoms with Gasteiger partial charge in [0.25, 0.3) is 0 Å². The van der Waals surface area contributed by atoms with Crippen LogP contribution in [-0.4, -0.2) is 25.2 Å². The van der Waals surface area contributed by atoms with Gasteiger partial charge in [0.2, 0.25) is 0 Å². The highest BCUT2D eigenvalue weighted by atomic mass is 16.5. The summed E-state index contributed by atoms with van der Waals surface area (Å²) in [7, 11) is 0. The molecule has 0 N–H and O–H groups in total. The van der Waals surface area contributed by atoms with Crippen LogP contribution in [0.5, 0.6) is 0 Å². The van der Waals surface area contributed by atoms with Gasteiger partial charge in [-0.2, -0.15) is 0 Å². The van der Waals surface area contributed by atoms with E-state index in [9.17, 15) is 9.59 Å². The third-order valence-corrected chi connectivity index (χ3v) is 2.69. The second-order valence-corrected chi connectivity index (χ2v) is 3.65. The fourth-order valence-electron chi connectivity index (χ4n) is 2.02. The van der Waals surface area contributed by atoms with Gasteiger partial charge >= 0.3 is 11.9 Å². The van der Waals surface area contributed by atoms with Gasteiger partial charge in [0, 0.05) is 0 Å². The summed E-state index contributed by atoms with van der Waals surface area (Å²) in [5.74, 6) is -1.09. The first-order valence-corrected chi connectivity index (χ1v) is 5.54. The van der Waals surface area contributed by atoms with Crippen LogP contribution in [0.4, 0.5) is 0 Å². The topological polar surface area (TPSA) is 52.6 Å². The zero-order valence-electron chi connectivity index (χ0n) is 9.32. The molecule has 0 spiro atoms. The Bertz CT molecular complexity index is 213. The molecule has 1 aliphatic rings. The van der Waals surface area contributed by atoms with Gasteiger partial charge in [-0.15, -0.1) is 0 Å². The van der Waals surface area contributed by atoms with E-state index in [4.69, 9.17) is 9.47 Å². The van der Waals surface area contributed by atoms with E-state index in [1.807, 2.05) is 0 Å². The maximum atomic E-state index is 11.5. The summed E-state index contributed by atoms with van der Waals surface area (Å²) in [5.41, 5.74) is 0. The van der Waals surface area contributed by atoms with Crippen molar-refractivity contribution in [3.8, 4) is 0 Å². The van der Waals surface area contributed by atoms with Gasteiger partial charge in [-0.05, 0) is 26.7 Å². The van der Waals surface area contributed by atoms with Crippen LogP contribution in [0.2, 0.25) is 0 Å². The van der Waals surface area contributed by atoms with Gasteiger partial charge in [0.15, 0.2) is 0 Å². The van der Waals surface area contributed by atoms with E-state index in [1.54, 1.807) is 13.8 Å². The molecular formula is C11H18O4. The average molecular weight is 214 g/mol. The number of carbonyl (C=O) groups excluding carboxylic acids is 2. The fraction of sp³-hybridized carbons (Fsp3) is 0.818. The van der Waals surface area contributed by atoms with Crippen LogP contribution in [0.3, 0.4) is 0 Å². The maximum Gasteiger partial charge on any atom is 0.309 e. The minimum atomic E-state index is -0.288. The first-order chi connectivity index (χ1) is 7.20. The molecule has 86 valence electrons. The van der Waals surface area contributed by atoms with Crippen molar-refractivity contribution in [3.63, 3.8) is 0 Å². The zero-order valence-corrected chi connectivity index (χ0v) is 9.32. The molecule has 0 unspecified atom stereocenters. The Morgan fingerprint density at radius 1 is 1.00 bits per heavy atom. The Hall–Kier alpha value is -1.06. The standard InChI is InChI=1S/C11H18O4/c1-3-14-10(12)8-6-5-7-9(8)11(13)15-4-2/h8-9H,3-7H2,1-2H3/t8-,9+. The van der Waals surface area contributed by atoms with Crippen LogP contribution in [0.25, 0.3) is 0 Å². The Morgan fingerprint density at radius 3 is 1.73 bits per heavy atom. The van der Waals surface area contributed by atoms with Crippen molar-refractivity contribution in [1.82, 2.24) is 0 Å². The normalized spacial score (nSPS) is 24.9. The minimum absolute atomic E-state index is 0.256. The van der Waals surface area contributed by atoms with Crippen LogP contribution in [0.15, 0.2) is 0 Å². The number of hydrogen-bond donors (Lipinski definition) is 0. The first-order valence-electron chi connectivity index (χ1n) is 5.54. The van der Waals surface area contributed by atoms with E-state index in [2.05, 4.69) is 0 Å². The molecule has 0 aromatic carbocycles. The van der Waals surface area contributed by atoms with E-state index in [0.29, 0.717) is 13.2 Å². The largest absolute Gasteiger partial charge is 0.466 e. The third kappa shape index (κ3) is 2.94. The Kier molecular flexibility index (Phi) is 4.59. The molecule has 1 saturated carbocycles. The van der Waals surface area contributed by atoms with E-state index in [-0.39, 0.29) is 23.8 Å². The molecule has 0 amide bonds. The van der Waals surface area contributed by atoms with Crippen LogP contribution in [0.1, 0.15) is 33.1 Å². The quantitative estimate of drug-likeness (QED) is 0.666. The highest BCUT2D eigenvalue weighted by molar-refractivity contribution is 5.82. The van der Waals surface area contributed by atoms with Crippen molar-refractivity contribution >= 4 is 11.9 Å². The van der Waals surface area contributed by atoms with Crippen molar-refractivity contribution in [3.05, 3.63) is 0 Å². The summed E-state index contributed by atoms with van der Waals surface area (Å²) < 4.78 is 9.88. The number of ether oxygens (including phenoxy) is 2. The SMILES string of the molecule is CCOC(=O)[C@H]1CCC[C@H]1C(=O)OCC. The molecule has 0 aliphatic heterocycles. The summed E-state index contributed by atoms with van der Waals surface area (Å²) in [6, 6.07) is 0. The average Bonchev–Trinajstić information content (AvgIpc) is 2.66. The predicted molar refractivity (Wildman–Crippen MR) is 54.1 cm³/mol. The molecule has 1 rings (SSSR count). The summed E-state index contributed by atoms with van der Waals surface area (Å²) >= 11 is 0. The van der Waals surface area contributed by atoms with Gasteiger partial charge in [0.05, 0.1) is 25.0 Å². The van der Waals surface area contributed by atoms with Crippen LogP contribution in [-0.2, 0) is 19.1 Å². The highest BCUT2D eigenvalue weighted by Gasteiger charge is 2.39. The minimum Gasteiger partial charge on any atom is -0.466 e. The number of esters is 2. The van der Waals surface area contributed by atoms with Crippen LogP contribution >= 0.6 is 0 Å². The molecule has 0 aromatic rings. The van der Waals surface area contributed by atoms with Crippen molar-refractivity contribution in [2.24, 2.45) is 11.8 Å². The molecule has 1 fully saturated rings. The van der Waals surface area contributed by atoms with E-state index < -0.39 is 0 Å². The van der Waals surface area contributed by atoms with Crippen molar-refractivity contribution in [2.45, 2.75) is 33.1 Å². The summed E-state index contributed by atoms with van der Waals surface area (Å²) in [4.78, 5) is 23.1. The first kappa shape index (κ1) is 12.0. The smallest absolute Gasteiger partial charge is 0.309 e. The molecule has 1 aliphatic carbocycles. The maximum absolute atomic E-state index is 11.5. The third-order valence-electron chi connectivity index (χ3n) is 2.69. The number of rotatable bonds is 4. The van der Waals surface area contributed by atoms with E-state index in [0.717, 1.165) is 19.3 Å². The van der Waals surface area contributed by atoms with Crippen molar-refractivity contribution in [1.29, 1.82) is 0 Å². The molecule has 4 nitrogen and oxygen atoms in total. The molecule has 0 saturated heterocycles. The van der Waals surface area contributed by atoms with E-state index >= 15 is 0 Å². The van der Waals surface area contributed by atoms with E-state index in [1.165, 1.54) is 0 Å². The highest BCUT2D eigenvalue weighted by Crippen LogP contribution is 2.33. The van der Waals surface area contributed by atoms with Gasteiger partial charge in [-0.1, -0.05) is 6.42 Å². The monoisotopic (exact) mass is 214 g/mol. The van der Waals surface area contributed by atoms with Crippen molar-refractivity contribution < 1.29 is 19.1 Å². The van der Waals surface area contributed by atoms with Gasteiger partial charge in [0.1, 0.15) is 0 Å². The summed E-state index contributed by atoms with van der Waals surface area (Å²) in [6.45, 7) is 4.27. The predicted octanol–water partition coefficient (Wildman–Crippen LogP) is 1.53. The van der Waals surface area contributed by atoms with Crippen molar-refractivity contribution in [2.75, 3.05) is 13.2 Å². The summed E-state index contributed by atoms with van der Waals surface area (Å²) in [6.07, 6.45) is 2.37. The second-order valence-electron chi connectivity index (χ2n) is 3.65. The molecule has 4 heteroatoms. The second kappa shape index (κ2) is 5.73. The van der Waals surface area contributed by atoms with Gasteiger partial charge < -0.3 is 9.47 Å². The molecule has 0 radical (unpaired) electrons. The van der Waals surface area contributed by atoms with Gasteiger partial charge in [-0.25, -0.2) is 0 Å². The van der Waals surface area contributed by atoms with Crippen LogP contribution in [0, 0.1) is 11.8 Å². The molecule has 0 aromatic heterocycles. The molecular weight excluding hydrogens is 196 g/mol. The lowest BCUT2D eigenvalue weighted by molar-refractivity contribution is -0.158.